The van der Waals surface area contributed by atoms with Crippen molar-refractivity contribution in [3.05, 3.63) is 0 Å². The number of hydrogen-bond donors (Lipinski definition) is 4. The maximum atomic E-state index is 11.2. The third-order valence-corrected chi connectivity index (χ3v) is 2.16. The first-order valence-electron chi connectivity index (χ1n) is 5.80. The van der Waals surface area contributed by atoms with Crippen molar-refractivity contribution in [2.45, 2.75) is 32.3 Å². The maximum Gasteiger partial charge on any atom is 0.248 e. The molecule has 4 N–H and O–H groups in total. The quantitative estimate of drug-likeness (QED) is 0.395. The van der Waals surface area contributed by atoms with Crippen LogP contribution in [0.5, 0.6) is 0 Å². The predicted molar refractivity (Wildman–Crippen MR) is 63.6 cm³/mol. The Morgan fingerprint density at radius 1 is 1.11 bits per heavy atom. The van der Waals surface area contributed by atoms with Crippen LogP contribution in [-0.4, -0.2) is 53.6 Å². The van der Waals surface area contributed by atoms with E-state index in [0.717, 1.165) is 0 Å². The molecule has 0 aromatic heterocycles. The fourth-order valence-corrected chi connectivity index (χ4v) is 1.14. The Kier molecular flexibility index (Phi) is 8.77. The predicted octanol–water partition coefficient (Wildman–Crippen LogP) is -1.67. The maximum absolute atomic E-state index is 11.2. The Bertz CT molecular complexity index is 293. The molecule has 0 aliphatic heterocycles. The largest absolute Gasteiger partial charge is 0.396 e. The van der Waals surface area contributed by atoms with E-state index in [0.29, 0.717) is 0 Å². The van der Waals surface area contributed by atoms with Gasteiger partial charge in [0.1, 0.15) is 11.9 Å². The SMILES string of the molecule is CC(=O)CCNC(=O)CCNC(=O)[C@H](O)CCO. The zero-order chi connectivity index (χ0) is 14.0. The second kappa shape index (κ2) is 9.55. The molecule has 0 aliphatic rings. The number of carbonyl (C=O) groups is 3. The van der Waals surface area contributed by atoms with E-state index in [1.54, 1.807) is 0 Å². The molecule has 104 valence electrons. The first-order chi connectivity index (χ1) is 8.47. The summed E-state index contributed by atoms with van der Waals surface area (Å²) in [5.74, 6) is -0.885. The third kappa shape index (κ3) is 8.66. The van der Waals surface area contributed by atoms with Crippen LogP contribution in [0.3, 0.4) is 0 Å². The molecule has 0 bridgehead atoms. The first-order valence-corrected chi connectivity index (χ1v) is 5.80. The highest BCUT2D eigenvalue weighted by atomic mass is 16.3. The van der Waals surface area contributed by atoms with Gasteiger partial charge in [-0.05, 0) is 6.92 Å². The number of hydrogen-bond acceptors (Lipinski definition) is 5. The molecule has 0 radical (unpaired) electrons. The van der Waals surface area contributed by atoms with E-state index in [1.165, 1.54) is 6.92 Å². The molecule has 0 saturated heterocycles. The van der Waals surface area contributed by atoms with E-state index in [1.807, 2.05) is 0 Å². The zero-order valence-electron chi connectivity index (χ0n) is 10.4. The van der Waals surface area contributed by atoms with E-state index in [2.05, 4.69) is 10.6 Å². The van der Waals surface area contributed by atoms with Crippen LogP contribution < -0.4 is 10.6 Å². The number of ketones is 1. The lowest BCUT2D eigenvalue weighted by atomic mass is 10.2. The summed E-state index contributed by atoms with van der Waals surface area (Å²) in [5, 5.41) is 22.6. The van der Waals surface area contributed by atoms with E-state index < -0.39 is 12.0 Å². The molecule has 0 saturated carbocycles. The van der Waals surface area contributed by atoms with Gasteiger partial charge < -0.3 is 20.8 Å². The average molecular weight is 260 g/mol. The van der Waals surface area contributed by atoms with Crippen molar-refractivity contribution in [2.75, 3.05) is 19.7 Å². The molecule has 0 aromatic rings. The van der Waals surface area contributed by atoms with Gasteiger partial charge in [0.15, 0.2) is 0 Å². The molecule has 1 atom stereocenters. The zero-order valence-corrected chi connectivity index (χ0v) is 10.4. The van der Waals surface area contributed by atoms with Crippen molar-refractivity contribution in [3.63, 3.8) is 0 Å². The van der Waals surface area contributed by atoms with Crippen LogP contribution in [0.2, 0.25) is 0 Å². The topological polar surface area (TPSA) is 116 Å². The van der Waals surface area contributed by atoms with Crippen LogP contribution in [0, 0.1) is 0 Å². The fraction of sp³-hybridized carbons (Fsp3) is 0.727. The summed E-state index contributed by atoms with van der Waals surface area (Å²) < 4.78 is 0. The summed E-state index contributed by atoms with van der Waals surface area (Å²) in [6.07, 6.45) is -0.921. The summed E-state index contributed by atoms with van der Waals surface area (Å²) in [4.78, 5) is 33.0. The van der Waals surface area contributed by atoms with Gasteiger partial charge in [0, 0.05) is 39.0 Å². The van der Waals surface area contributed by atoms with Gasteiger partial charge in [-0.3, -0.25) is 14.4 Å². The lowest BCUT2D eigenvalue weighted by molar-refractivity contribution is -0.130. The molecule has 0 aromatic carbocycles. The monoisotopic (exact) mass is 260 g/mol. The smallest absolute Gasteiger partial charge is 0.248 e. The Balaban J connectivity index is 3.61. The molecule has 0 spiro atoms. The number of Topliss-reactive ketones (excluding diaryl/α,β-unsaturated/α-hetero) is 1. The Labute approximate surface area is 106 Å². The standard InChI is InChI=1S/C11H20N2O5/c1-8(15)2-5-12-10(17)3-6-13-11(18)9(16)4-7-14/h9,14,16H,2-7H2,1H3,(H,12,17)(H,13,18)/t9-/m1/s1. The summed E-state index contributed by atoms with van der Waals surface area (Å²) in [6.45, 7) is 1.55. The number of nitrogens with one attached hydrogen (secondary N) is 2. The molecule has 0 rings (SSSR count). The van der Waals surface area contributed by atoms with Gasteiger partial charge in [-0.1, -0.05) is 0 Å². The second-order valence-corrected chi connectivity index (χ2v) is 3.87. The minimum atomic E-state index is -1.25. The van der Waals surface area contributed by atoms with Crippen LogP contribution in [0.1, 0.15) is 26.2 Å². The molecule has 7 nitrogen and oxygen atoms in total. The van der Waals surface area contributed by atoms with Crippen LogP contribution in [0.4, 0.5) is 0 Å². The van der Waals surface area contributed by atoms with Crippen LogP contribution in [-0.2, 0) is 14.4 Å². The van der Waals surface area contributed by atoms with Gasteiger partial charge in [0.25, 0.3) is 0 Å². The highest BCUT2D eigenvalue weighted by molar-refractivity contribution is 5.82. The highest BCUT2D eigenvalue weighted by Gasteiger charge is 2.13. The lowest BCUT2D eigenvalue weighted by Gasteiger charge is -2.09. The number of carbonyl (C=O) groups excluding carboxylic acids is 3. The van der Waals surface area contributed by atoms with Crippen LogP contribution in [0.15, 0.2) is 0 Å². The van der Waals surface area contributed by atoms with Crippen molar-refractivity contribution < 1.29 is 24.6 Å². The first kappa shape index (κ1) is 16.5. The fourth-order valence-electron chi connectivity index (χ4n) is 1.14. The van der Waals surface area contributed by atoms with Crippen molar-refractivity contribution >= 4 is 17.6 Å². The number of amides is 2. The minimum Gasteiger partial charge on any atom is -0.396 e. The van der Waals surface area contributed by atoms with Crippen LogP contribution in [0.25, 0.3) is 0 Å². The van der Waals surface area contributed by atoms with Gasteiger partial charge in [0.05, 0.1) is 0 Å². The van der Waals surface area contributed by atoms with E-state index in [4.69, 9.17) is 5.11 Å². The lowest BCUT2D eigenvalue weighted by Crippen LogP contribution is -2.37. The van der Waals surface area contributed by atoms with Crippen molar-refractivity contribution in [1.82, 2.24) is 10.6 Å². The molecule has 0 unspecified atom stereocenters. The van der Waals surface area contributed by atoms with Gasteiger partial charge in [-0.2, -0.15) is 0 Å². The number of aliphatic hydroxyl groups excluding tert-OH is 2. The molecule has 7 heteroatoms. The minimum absolute atomic E-state index is 0.00396. The Morgan fingerprint density at radius 2 is 1.72 bits per heavy atom. The summed E-state index contributed by atoms with van der Waals surface area (Å²) in [5.41, 5.74) is 0. The Morgan fingerprint density at radius 3 is 2.28 bits per heavy atom. The molecular formula is C11H20N2O5. The van der Waals surface area contributed by atoms with Gasteiger partial charge >= 0.3 is 0 Å². The molecule has 0 aliphatic carbocycles. The van der Waals surface area contributed by atoms with Gasteiger partial charge in [-0.15, -0.1) is 0 Å². The van der Waals surface area contributed by atoms with Crippen molar-refractivity contribution in [3.8, 4) is 0 Å². The molecular weight excluding hydrogens is 240 g/mol. The average Bonchev–Trinajstić information content (AvgIpc) is 2.28. The Hall–Kier alpha value is -1.47. The number of rotatable bonds is 9. The molecule has 0 fully saturated rings. The van der Waals surface area contributed by atoms with E-state index in [-0.39, 0.29) is 50.6 Å². The molecule has 2 amide bonds. The number of aliphatic hydroxyl groups is 2. The van der Waals surface area contributed by atoms with Crippen molar-refractivity contribution in [2.24, 2.45) is 0 Å². The summed E-state index contributed by atoms with van der Waals surface area (Å²) in [6, 6.07) is 0. The highest BCUT2D eigenvalue weighted by Crippen LogP contribution is 1.90. The van der Waals surface area contributed by atoms with Crippen molar-refractivity contribution in [1.29, 1.82) is 0 Å². The van der Waals surface area contributed by atoms with Gasteiger partial charge in [-0.25, -0.2) is 0 Å². The molecule has 18 heavy (non-hydrogen) atoms. The normalized spacial score (nSPS) is 11.7. The van der Waals surface area contributed by atoms with Crippen LogP contribution >= 0.6 is 0 Å². The second-order valence-electron chi connectivity index (χ2n) is 3.87. The molecule has 0 heterocycles. The summed E-state index contributed by atoms with van der Waals surface area (Å²) >= 11 is 0. The van der Waals surface area contributed by atoms with E-state index >= 15 is 0 Å². The summed E-state index contributed by atoms with van der Waals surface area (Å²) in [7, 11) is 0. The third-order valence-electron chi connectivity index (χ3n) is 2.16. The van der Waals surface area contributed by atoms with Gasteiger partial charge in [0.2, 0.25) is 11.8 Å². The van der Waals surface area contributed by atoms with E-state index in [9.17, 15) is 19.5 Å².